The minimum atomic E-state index is -0.933. The molecule has 1 aliphatic heterocycles. The lowest BCUT2D eigenvalue weighted by atomic mass is 9.77. The number of benzene rings is 8. The van der Waals surface area contributed by atoms with Crippen molar-refractivity contribution in [2.45, 2.75) is 88.3 Å². The number of ether oxygens (including phenoxy) is 4. The quantitative estimate of drug-likeness (QED) is 0.0402. The lowest BCUT2D eigenvalue weighted by Crippen LogP contribution is -2.39. The number of thioether (sulfide) groups is 2. The van der Waals surface area contributed by atoms with Gasteiger partial charge in [0.2, 0.25) is 5.91 Å². The Morgan fingerprint density at radius 2 is 1.29 bits per heavy atom. The van der Waals surface area contributed by atoms with Gasteiger partial charge in [0, 0.05) is 43.1 Å². The van der Waals surface area contributed by atoms with E-state index < -0.39 is 34.4 Å². The van der Waals surface area contributed by atoms with Crippen molar-refractivity contribution in [1.82, 2.24) is 35.1 Å². The molecule has 0 aliphatic carbocycles. The van der Waals surface area contributed by atoms with E-state index in [1.165, 1.54) is 4.90 Å². The molecule has 8 aromatic carbocycles. The van der Waals surface area contributed by atoms with Crippen molar-refractivity contribution in [3.05, 3.63) is 257 Å². The summed E-state index contributed by atoms with van der Waals surface area (Å²) in [5.74, 6) is 2.60. The van der Waals surface area contributed by atoms with Gasteiger partial charge in [0.25, 0.3) is 11.1 Å². The fourth-order valence-electron chi connectivity index (χ4n) is 11.3. The number of nitrogens with zero attached hydrogens (tertiary/aromatic N) is 7. The molecule has 20 heteroatoms. The van der Waals surface area contributed by atoms with Crippen molar-refractivity contribution in [3.8, 4) is 39.8 Å². The molecule has 10 aromatic rings. The van der Waals surface area contributed by atoms with E-state index in [2.05, 4.69) is 95.6 Å². The van der Waals surface area contributed by atoms with Crippen LogP contribution in [-0.2, 0) is 55.5 Å². The molecular formula is C74H71N9O9S2. The van der Waals surface area contributed by atoms with Crippen molar-refractivity contribution in [3.63, 3.8) is 0 Å². The van der Waals surface area contributed by atoms with Crippen LogP contribution in [0.5, 0.6) is 17.2 Å². The largest absolute Gasteiger partial charge is 0.484 e. The van der Waals surface area contributed by atoms with E-state index >= 15 is 0 Å². The Hall–Kier alpha value is -10.3. The van der Waals surface area contributed by atoms with Crippen LogP contribution in [0, 0.1) is 0 Å². The zero-order valence-electron chi connectivity index (χ0n) is 53.0. The third kappa shape index (κ3) is 15.1. The molecule has 1 saturated heterocycles. The molecule has 2 aromatic heterocycles. The second-order valence-corrected chi connectivity index (χ2v) is 25.5. The van der Waals surface area contributed by atoms with Gasteiger partial charge in [-0.3, -0.25) is 24.6 Å². The number of hydrogen-bond acceptors (Lipinski definition) is 15. The molecular weight excluding hydrogens is 1220 g/mol. The van der Waals surface area contributed by atoms with Crippen LogP contribution < -0.4 is 25.0 Å². The van der Waals surface area contributed by atoms with Crippen LogP contribution >= 0.6 is 23.5 Å². The third-order valence-corrected chi connectivity index (χ3v) is 17.6. The lowest BCUT2D eigenvalue weighted by Gasteiger charge is -2.36. The number of rotatable bonds is 25. The zero-order chi connectivity index (χ0) is 65.8. The monoisotopic (exact) mass is 1290 g/mol. The van der Waals surface area contributed by atoms with Gasteiger partial charge in [-0.1, -0.05) is 182 Å². The number of amides is 4. The van der Waals surface area contributed by atoms with Crippen molar-refractivity contribution in [2.24, 2.45) is 0 Å². The molecule has 94 heavy (non-hydrogen) atoms. The van der Waals surface area contributed by atoms with Crippen LogP contribution in [0.2, 0.25) is 0 Å². The van der Waals surface area contributed by atoms with Crippen LogP contribution in [0.3, 0.4) is 0 Å². The first-order valence-corrected chi connectivity index (χ1v) is 33.0. The summed E-state index contributed by atoms with van der Waals surface area (Å²) < 4.78 is 27.5. The fraction of sp³-hybridized carbons (Fsp3) is 0.230. The number of carbonyl (C=O) groups is 5. The number of imidazole rings is 1. The van der Waals surface area contributed by atoms with E-state index in [9.17, 15) is 24.0 Å². The molecule has 11 rings (SSSR count). The summed E-state index contributed by atoms with van der Waals surface area (Å²) in [6.07, 6.45) is 1.21. The minimum Gasteiger partial charge on any atom is -0.484 e. The molecule has 0 spiro atoms. The topological polar surface area (TPSA) is 211 Å². The summed E-state index contributed by atoms with van der Waals surface area (Å²) in [7, 11) is 1.55. The number of anilines is 2. The Bertz CT molecular complexity index is 4200. The van der Waals surface area contributed by atoms with E-state index in [1.54, 1.807) is 89.0 Å². The normalized spacial score (nSPS) is 13.1. The first kappa shape index (κ1) is 65.2. The molecule has 0 bridgehead atoms. The van der Waals surface area contributed by atoms with Crippen LogP contribution in [0.1, 0.15) is 96.4 Å². The van der Waals surface area contributed by atoms with Crippen molar-refractivity contribution in [1.29, 1.82) is 0 Å². The van der Waals surface area contributed by atoms with Crippen molar-refractivity contribution >= 4 is 64.0 Å². The van der Waals surface area contributed by atoms with E-state index in [1.807, 2.05) is 100 Å². The zero-order valence-corrected chi connectivity index (χ0v) is 54.6. The number of esters is 1. The van der Waals surface area contributed by atoms with Gasteiger partial charge in [-0.05, 0) is 132 Å². The molecule has 1 fully saturated rings. The Morgan fingerprint density at radius 1 is 0.691 bits per heavy atom. The first-order valence-electron chi connectivity index (χ1n) is 31.0. The van der Waals surface area contributed by atoms with E-state index in [0.29, 0.717) is 76.7 Å². The fourth-order valence-corrected chi connectivity index (χ4v) is 13.1. The van der Waals surface area contributed by atoms with Gasteiger partial charge >= 0.3 is 12.1 Å². The number of imide groups is 1. The standard InChI is InChI=1S/C74H71N9O9S2/c1-7-20-65-75-62(48-93-47-51-33-39-57(40-34-51)91-58-41-42-61(63(44-58)81(6)72(88)92-73(3,4)5)76-66(84)46-90-56-37-31-49(32-38-56)43-64-69(85)77-71(87)94-64)67(70(86)89-8-2)82(65)45-50-29-35-52(36-30-50)59-27-18-19-28-60(59)68-78-79-80-83(68)74(53-21-12-9-13-22-53,54-23-14-10-15-24-54)55-25-16-11-17-26-55/h9-19,21-42,44,64H,7-8,20,43,45-48H2,1-6H3,(H,76,84)(H,77,85,87). The predicted octanol–water partition coefficient (Wildman–Crippen LogP) is 14.7. The van der Waals surface area contributed by atoms with Crippen LogP contribution in [-0.4, -0.2) is 90.0 Å². The van der Waals surface area contributed by atoms with Gasteiger partial charge in [-0.15, -0.1) is 5.10 Å². The highest BCUT2D eigenvalue weighted by Gasteiger charge is 2.42. The Kier molecular flexibility index (Phi) is 20.5. The molecule has 2 N–H and O–H groups in total. The lowest BCUT2D eigenvalue weighted by molar-refractivity contribution is -0.119. The first-order chi connectivity index (χ1) is 45.6. The van der Waals surface area contributed by atoms with Crippen LogP contribution in [0.25, 0.3) is 22.5 Å². The molecule has 18 nitrogen and oxygen atoms in total. The van der Waals surface area contributed by atoms with E-state index in [0.717, 1.165) is 74.1 Å². The maximum atomic E-state index is 14.0. The molecule has 0 radical (unpaired) electrons. The van der Waals surface area contributed by atoms with Gasteiger partial charge in [0.15, 0.2) is 18.1 Å². The number of aromatic nitrogens is 6. The number of aryl methyl sites for hydroxylation is 1. The van der Waals surface area contributed by atoms with Gasteiger partial charge in [-0.2, -0.15) is 11.8 Å². The minimum absolute atomic E-state index is 0.210. The summed E-state index contributed by atoms with van der Waals surface area (Å²) in [5, 5.41) is 18.2. The number of carbonyl (C=O) groups excluding carboxylic acids is 5. The summed E-state index contributed by atoms with van der Waals surface area (Å²) in [6.45, 7) is 9.48. The maximum Gasteiger partial charge on any atom is 0.414 e. The van der Waals surface area contributed by atoms with Crippen LogP contribution in [0.15, 0.2) is 206 Å². The van der Waals surface area contributed by atoms with Gasteiger partial charge in [0.1, 0.15) is 34.2 Å². The Balaban J connectivity index is 0.772. The molecule has 1 aliphatic rings. The number of hydrogen-bond donors (Lipinski definition) is 2. The molecule has 1 atom stereocenters. The van der Waals surface area contributed by atoms with Crippen molar-refractivity contribution in [2.75, 3.05) is 30.5 Å². The third-order valence-electron chi connectivity index (χ3n) is 15.6. The molecule has 4 amide bonds. The van der Waals surface area contributed by atoms with Gasteiger partial charge < -0.3 is 28.8 Å². The van der Waals surface area contributed by atoms with Gasteiger partial charge in [0.05, 0.1) is 28.9 Å². The molecule has 478 valence electrons. The highest BCUT2D eigenvalue weighted by atomic mass is 32.2. The second kappa shape index (κ2) is 29.5. The van der Waals surface area contributed by atoms with Gasteiger partial charge in [-0.25, -0.2) is 19.3 Å². The highest BCUT2D eigenvalue weighted by Crippen LogP contribution is 2.44. The molecule has 3 heterocycles. The predicted molar refractivity (Wildman–Crippen MR) is 366 cm³/mol. The second-order valence-electron chi connectivity index (χ2n) is 23.4. The van der Waals surface area contributed by atoms with Crippen LogP contribution in [0.4, 0.5) is 21.0 Å². The van der Waals surface area contributed by atoms with E-state index in [4.69, 9.17) is 34.2 Å². The Labute approximate surface area is 554 Å². The maximum absolute atomic E-state index is 14.0. The number of nitrogens with one attached hydrogen (secondary N) is 2. The summed E-state index contributed by atoms with van der Waals surface area (Å²) in [5.41, 5.74) is 8.61. The average molecular weight is 1290 g/mol. The summed E-state index contributed by atoms with van der Waals surface area (Å²) in [6, 6.07) is 67.2. The summed E-state index contributed by atoms with van der Waals surface area (Å²) >= 11 is 2.60. The molecule has 1 unspecified atom stereocenters. The van der Waals surface area contributed by atoms with Crippen molar-refractivity contribution < 1.29 is 42.9 Å². The molecule has 0 saturated carbocycles. The van der Waals surface area contributed by atoms with E-state index in [-0.39, 0.29) is 24.4 Å². The SMILES string of the molecule is CCCc1nc(CSCc2ccc(Oc3ccc(NC(=O)COc4ccc(CC5SC(=O)NC5=O)cc4)c(N(C)C(=O)OC(C)(C)C)c3)cc2)c(C(=O)OCC)n1Cc1ccc(-c2ccccc2-c2nnnn2C(c2ccccc2)(c2ccccc2)c2ccccc2)cc1. The average Bonchev–Trinajstić information content (AvgIpc) is 1.25. The highest BCUT2D eigenvalue weighted by molar-refractivity contribution is 8.15. The smallest absolute Gasteiger partial charge is 0.414 e. The number of tetrazole rings is 1. The Morgan fingerprint density at radius 3 is 1.89 bits per heavy atom. The summed E-state index contributed by atoms with van der Waals surface area (Å²) in [4.78, 5) is 70.9.